The minimum absolute atomic E-state index is 0.0893. The highest BCUT2D eigenvalue weighted by molar-refractivity contribution is 5.67. The van der Waals surface area contributed by atoms with Gasteiger partial charge in [-0.2, -0.15) is 0 Å². The molecular formula is C11H15NO3. The van der Waals surface area contributed by atoms with E-state index in [0.717, 1.165) is 0 Å². The molecule has 0 bridgehead atoms. The highest BCUT2D eigenvalue weighted by atomic mass is 16.5. The highest BCUT2D eigenvalue weighted by Gasteiger charge is 2.17. The number of benzene rings is 1. The van der Waals surface area contributed by atoms with Gasteiger partial charge in [0.05, 0.1) is 12.5 Å². The maximum absolute atomic E-state index is 10.4. The number of carboxylic acid groups (broad SMARTS) is 1. The Bertz CT molecular complexity index is 313. The van der Waals surface area contributed by atoms with Gasteiger partial charge in [-0.25, -0.2) is 0 Å². The fourth-order valence-corrected chi connectivity index (χ4v) is 1.17. The van der Waals surface area contributed by atoms with Gasteiger partial charge in [-0.15, -0.1) is 0 Å². The molecule has 3 N–H and O–H groups in total. The van der Waals surface area contributed by atoms with Gasteiger partial charge in [-0.3, -0.25) is 4.79 Å². The van der Waals surface area contributed by atoms with Crippen LogP contribution in [0.2, 0.25) is 0 Å². The summed E-state index contributed by atoms with van der Waals surface area (Å²) in [6.07, 6.45) is -0.405. The lowest BCUT2D eigenvalue weighted by atomic mass is 10.1. The summed E-state index contributed by atoms with van der Waals surface area (Å²) < 4.78 is 5.49. The summed E-state index contributed by atoms with van der Waals surface area (Å²) in [5.41, 5.74) is 5.66. The molecule has 0 aliphatic carbocycles. The third-order valence-electron chi connectivity index (χ3n) is 2.08. The Morgan fingerprint density at radius 3 is 2.60 bits per heavy atom. The van der Waals surface area contributed by atoms with Crippen LogP contribution in [0, 0.1) is 0 Å². The van der Waals surface area contributed by atoms with Gasteiger partial charge in [0.25, 0.3) is 0 Å². The van der Waals surface area contributed by atoms with Crippen LogP contribution >= 0.6 is 0 Å². The van der Waals surface area contributed by atoms with Crippen LogP contribution in [0.1, 0.15) is 13.3 Å². The van der Waals surface area contributed by atoms with Gasteiger partial charge in [-0.05, 0) is 19.1 Å². The second kappa shape index (κ2) is 5.36. The number of para-hydroxylation sites is 1. The number of hydrogen-bond donors (Lipinski definition) is 2. The average molecular weight is 209 g/mol. The fourth-order valence-electron chi connectivity index (χ4n) is 1.17. The molecule has 0 saturated heterocycles. The van der Waals surface area contributed by atoms with Gasteiger partial charge in [0.15, 0.2) is 0 Å². The largest absolute Gasteiger partial charge is 0.489 e. The first kappa shape index (κ1) is 11.5. The lowest BCUT2D eigenvalue weighted by Crippen LogP contribution is -2.38. The molecule has 4 heteroatoms. The summed E-state index contributed by atoms with van der Waals surface area (Å²) in [6, 6.07) is 8.71. The molecule has 0 amide bonds. The number of ether oxygens (including phenoxy) is 1. The van der Waals surface area contributed by atoms with Gasteiger partial charge < -0.3 is 15.6 Å². The van der Waals surface area contributed by atoms with Crippen molar-refractivity contribution >= 4 is 5.97 Å². The van der Waals surface area contributed by atoms with E-state index in [1.165, 1.54) is 0 Å². The number of carbonyl (C=O) groups is 1. The van der Waals surface area contributed by atoms with E-state index in [2.05, 4.69) is 0 Å². The Morgan fingerprint density at radius 1 is 1.47 bits per heavy atom. The summed E-state index contributed by atoms with van der Waals surface area (Å²) >= 11 is 0. The molecule has 0 fully saturated rings. The molecule has 2 unspecified atom stereocenters. The zero-order chi connectivity index (χ0) is 11.3. The van der Waals surface area contributed by atoms with Crippen LogP contribution in [0.15, 0.2) is 30.3 Å². The molecule has 0 aliphatic rings. The standard InChI is InChI=1S/C11H15NO3/c1-8(10(12)7-11(13)14)15-9-5-3-2-4-6-9/h2-6,8,10H,7,12H2,1H3,(H,13,14). The molecule has 1 aromatic carbocycles. The molecule has 2 atom stereocenters. The van der Waals surface area contributed by atoms with E-state index in [0.29, 0.717) is 5.75 Å². The SMILES string of the molecule is CC(Oc1ccccc1)C(N)CC(=O)O. The third kappa shape index (κ3) is 3.99. The average Bonchev–Trinajstić information content (AvgIpc) is 2.18. The van der Waals surface area contributed by atoms with Crippen LogP contribution in [0.5, 0.6) is 5.75 Å². The maximum atomic E-state index is 10.4. The van der Waals surface area contributed by atoms with Crippen molar-refractivity contribution in [3.8, 4) is 5.75 Å². The summed E-state index contributed by atoms with van der Waals surface area (Å²) in [5, 5.41) is 8.56. The number of hydrogen-bond acceptors (Lipinski definition) is 3. The number of rotatable bonds is 5. The lowest BCUT2D eigenvalue weighted by Gasteiger charge is -2.19. The second-order valence-corrected chi connectivity index (χ2v) is 3.40. The van der Waals surface area contributed by atoms with Crippen molar-refractivity contribution in [1.29, 1.82) is 0 Å². The topological polar surface area (TPSA) is 72.5 Å². The van der Waals surface area contributed by atoms with Gasteiger partial charge in [0, 0.05) is 0 Å². The molecule has 0 radical (unpaired) electrons. The van der Waals surface area contributed by atoms with Crippen molar-refractivity contribution in [3.63, 3.8) is 0 Å². The van der Waals surface area contributed by atoms with E-state index in [9.17, 15) is 4.79 Å². The number of nitrogens with two attached hydrogens (primary N) is 1. The van der Waals surface area contributed by atoms with Crippen molar-refractivity contribution in [2.24, 2.45) is 5.73 Å². The zero-order valence-corrected chi connectivity index (χ0v) is 8.59. The number of aliphatic carboxylic acids is 1. The Morgan fingerprint density at radius 2 is 2.07 bits per heavy atom. The van der Waals surface area contributed by atoms with Crippen LogP contribution in [0.25, 0.3) is 0 Å². The first-order valence-electron chi connectivity index (χ1n) is 4.78. The molecule has 82 valence electrons. The predicted octanol–water partition coefficient (Wildman–Crippen LogP) is 1.26. The lowest BCUT2D eigenvalue weighted by molar-refractivity contribution is -0.137. The number of carboxylic acids is 1. The second-order valence-electron chi connectivity index (χ2n) is 3.40. The van der Waals surface area contributed by atoms with Gasteiger partial charge in [-0.1, -0.05) is 18.2 Å². The van der Waals surface area contributed by atoms with Crippen LogP contribution in [0.3, 0.4) is 0 Å². The molecular weight excluding hydrogens is 194 g/mol. The quantitative estimate of drug-likeness (QED) is 0.765. The van der Waals surface area contributed by atoms with Crippen LogP contribution in [-0.2, 0) is 4.79 Å². The molecule has 0 aliphatic heterocycles. The van der Waals surface area contributed by atoms with E-state index in [-0.39, 0.29) is 12.5 Å². The van der Waals surface area contributed by atoms with E-state index >= 15 is 0 Å². The first-order valence-corrected chi connectivity index (χ1v) is 4.78. The smallest absolute Gasteiger partial charge is 0.305 e. The molecule has 1 rings (SSSR count). The molecule has 0 saturated carbocycles. The van der Waals surface area contributed by atoms with Crippen molar-refractivity contribution < 1.29 is 14.6 Å². The van der Waals surface area contributed by atoms with Crippen LogP contribution in [-0.4, -0.2) is 23.2 Å². The monoisotopic (exact) mass is 209 g/mol. The van der Waals surface area contributed by atoms with Crippen molar-refractivity contribution in [3.05, 3.63) is 30.3 Å². The molecule has 15 heavy (non-hydrogen) atoms. The first-order chi connectivity index (χ1) is 7.09. The third-order valence-corrected chi connectivity index (χ3v) is 2.08. The summed E-state index contributed by atoms with van der Waals surface area (Å²) in [7, 11) is 0. The fraction of sp³-hybridized carbons (Fsp3) is 0.364. The van der Waals surface area contributed by atoms with Crippen molar-refractivity contribution in [1.82, 2.24) is 0 Å². The molecule has 0 heterocycles. The molecule has 0 aromatic heterocycles. The molecule has 0 spiro atoms. The summed E-state index contributed by atoms with van der Waals surface area (Å²) in [5.74, 6) is -0.211. The predicted molar refractivity (Wildman–Crippen MR) is 56.8 cm³/mol. The zero-order valence-electron chi connectivity index (χ0n) is 8.59. The Labute approximate surface area is 88.7 Å². The summed E-state index contributed by atoms with van der Waals surface area (Å²) in [6.45, 7) is 1.76. The van der Waals surface area contributed by atoms with Crippen molar-refractivity contribution in [2.75, 3.05) is 0 Å². The summed E-state index contributed by atoms with van der Waals surface area (Å²) in [4.78, 5) is 10.4. The van der Waals surface area contributed by atoms with Gasteiger partial charge in [0.1, 0.15) is 11.9 Å². The Kier molecular flexibility index (Phi) is 4.12. The van der Waals surface area contributed by atoms with Crippen LogP contribution < -0.4 is 10.5 Å². The van der Waals surface area contributed by atoms with Gasteiger partial charge >= 0.3 is 5.97 Å². The minimum atomic E-state index is -0.911. The van der Waals surface area contributed by atoms with Crippen LogP contribution in [0.4, 0.5) is 0 Å². The molecule has 1 aromatic rings. The van der Waals surface area contributed by atoms with Gasteiger partial charge in [0.2, 0.25) is 0 Å². The van der Waals surface area contributed by atoms with E-state index in [4.69, 9.17) is 15.6 Å². The normalized spacial score (nSPS) is 14.3. The van der Waals surface area contributed by atoms with E-state index in [1.807, 2.05) is 30.3 Å². The maximum Gasteiger partial charge on any atom is 0.305 e. The Hall–Kier alpha value is -1.55. The highest BCUT2D eigenvalue weighted by Crippen LogP contribution is 2.12. The minimum Gasteiger partial charge on any atom is -0.489 e. The molecule has 4 nitrogen and oxygen atoms in total. The van der Waals surface area contributed by atoms with E-state index in [1.54, 1.807) is 6.92 Å². The van der Waals surface area contributed by atoms with E-state index < -0.39 is 12.0 Å². The Balaban J connectivity index is 2.48. The van der Waals surface area contributed by atoms with Crippen molar-refractivity contribution in [2.45, 2.75) is 25.5 Å².